The molecule has 1 aromatic rings. The van der Waals surface area contributed by atoms with E-state index in [1.165, 1.54) is 25.1 Å². The van der Waals surface area contributed by atoms with Crippen LogP contribution < -0.4 is 4.90 Å². The van der Waals surface area contributed by atoms with E-state index in [1.54, 1.807) is 12.0 Å². The van der Waals surface area contributed by atoms with Crippen molar-refractivity contribution in [3.63, 3.8) is 0 Å². The van der Waals surface area contributed by atoms with Gasteiger partial charge >= 0.3 is 5.97 Å². The van der Waals surface area contributed by atoms with Gasteiger partial charge in [0, 0.05) is 13.3 Å². The van der Waals surface area contributed by atoms with Gasteiger partial charge in [-0.05, 0) is 13.2 Å². The number of nitrogens with zero attached hydrogens (tertiary/aromatic N) is 3. The van der Waals surface area contributed by atoms with E-state index < -0.39 is 5.97 Å². The Morgan fingerprint density at radius 3 is 2.76 bits per heavy atom. The molecule has 0 saturated heterocycles. The second-order valence-corrected chi connectivity index (χ2v) is 5.04. The van der Waals surface area contributed by atoms with Gasteiger partial charge in [0.25, 0.3) is 0 Å². The van der Waals surface area contributed by atoms with Crippen LogP contribution in [0.5, 0.6) is 0 Å². The van der Waals surface area contributed by atoms with Crippen LogP contribution in [-0.4, -0.2) is 61.9 Å². The third-order valence-electron chi connectivity index (χ3n) is 2.82. The molecule has 0 aliphatic rings. The molecule has 0 unspecified atom stereocenters. The Labute approximate surface area is 128 Å². The van der Waals surface area contributed by atoms with Gasteiger partial charge in [0.05, 0.1) is 25.3 Å². The monoisotopic (exact) mass is 313 g/mol. The summed E-state index contributed by atoms with van der Waals surface area (Å²) in [6.07, 6.45) is 3.96. The molecule has 0 bridgehead atoms. The Hall–Kier alpha value is -1.67. The van der Waals surface area contributed by atoms with E-state index in [0.717, 1.165) is 0 Å². The first-order valence-corrected chi connectivity index (χ1v) is 7.48. The number of aldehydes is 1. The number of hydrogen-bond acceptors (Lipinski definition) is 8. The summed E-state index contributed by atoms with van der Waals surface area (Å²) in [6.45, 7) is 2.24. The number of hydrogen-bond donors (Lipinski definition) is 0. The fraction of sp³-hybridized carbons (Fsp3) is 0.538. The van der Waals surface area contributed by atoms with Crippen molar-refractivity contribution < 1.29 is 19.1 Å². The van der Waals surface area contributed by atoms with Crippen molar-refractivity contribution in [1.82, 2.24) is 9.97 Å². The number of esters is 1. The van der Waals surface area contributed by atoms with E-state index in [9.17, 15) is 9.59 Å². The smallest absolute Gasteiger partial charge is 0.325 e. The summed E-state index contributed by atoms with van der Waals surface area (Å²) < 4.78 is 9.82. The fourth-order valence-corrected chi connectivity index (χ4v) is 2.09. The van der Waals surface area contributed by atoms with Crippen molar-refractivity contribution in [3.8, 4) is 0 Å². The SMILES string of the molecule is COC[C@H](C)N(CC(=O)OC)c1nc(SC)ncc1C=O. The van der Waals surface area contributed by atoms with Crippen LogP contribution >= 0.6 is 11.8 Å². The molecule has 0 fully saturated rings. The zero-order chi connectivity index (χ0) is 15.8. The van der Waals surface area contributed by atoms with Gasteiger partial charge in [0.2, 0.25) is 0 Å². The molecule has 0 amide bonds. The average Bonchev–Trinajstić information content (AvgIpc) is 2.51. The molecular weight excluding hydrogens is 294 g/mol. The molecule has 7 nitrogen and oxygen atoms in total. The first-order valence-electron chi connectivity index (χ1n) is 6.26. The van der Waals surface area contributed by atoms with Crippen molar-refractivity contribution in [1.29, 1.82) is 0 Å². The maximum Gasteiger partial charge on any atom is 0.325 e. The second kappa shape index (κ2) is 8.58. The molecule has 0 N–H and O–H groups in total. The average molecular weight is 313 g/mol. The van der Waals surface area contributed by atoms with Gasteiger partial charge in [0.1, 0.15) is 12.4 Å². The van der Waals surface area contributed by atoms with Crippen LogP contribution in [0.3, 0.4) is 0 Å². The minimum Gasteiger partial charge on any atom is -0.468 e. The number of anilines is 1. The zero-order valence-electron chi connectivity index (χ0n) is 12.5. The Morgan fingerprint density at radius 2 is 2.24 bits per heavy atom. The van der Waals surface area contributed by atoms with Gasteiger partial charge in [-0.15, -0.1) is 0 Å². The molecule has 1 heterocycles. The van der Waals surface area contributed by atoms with Gasteiger partial charge in [0.15, 0.2) is 11.4 Å². The van der Waals surface area contributed by atoms with E-state index >= 15 is 0 Å². The molecule has 0 aliphatic carbocycles. The lowest BCUT2D eigenvalue weighted by Gasteiger charge is -2.29. The first-order chi connectivity index (χ1) is 10.1. The first kappa shape index (κ1) is 17.4. The number of ether oxygens (including phenoxy) is 2. The Bertz CT molecular complexity index is 498. The lowest BCUT2D eigenvalue weighted by molar-refractivity contribution is -0.139. The molecule has 1 rings (SSSR count). The van der Waals surface area contributed by atoms with Crippen molar-refractivity contribution in [2.45, 2.75) is 18.1 Å². The van der Waals surface area contributed by atoms with Gasteiger partial charge in [-0.1, -0.05) is 11.8 Å². The predicted octanol–water partition coefficient (Wildman–Crippen LogP) is 1.03. The topological polar surface area (TPSA) is 81.6 Å². The molecule has 0 radical (unpaired) electrons. The highest BCUT2D eigenvalue weighted by Gasteiger charge is 2.23. The van der Waals surface area contributed by atoms with Crippen LogP contribution in [-0.2, 0) is 14.3 Å². The molecule has 116 valence electrons. The van der Waals surface area contributed by atoms with Crippen molar-refractivity contribution in [2.75, 3.05) is 38.5 Å². The van der Waals surface area contributed by atoms with Crippen LogP contribution in [0.4, 0.5) is 5.82 Å². The van der Waals surface area contributed by atoms with Crippen LogP contribution in [0.1, 0.15) is 17.3 Å². The standard InChI is InChI=1S/C13H19N3O4S/c1-9(8-19-2)16(6-11(18)20-3)12-10(7-17)5-14-13(15-12)21-4/h5,7,9H,6,8H2,1-4H3/t9-/m0/s1. The van der Waals surface area contributed by atoms with Crippen LogP contribution in [0.2, 0.25) is 0 Å². The number of carbonyl (C=O) groups is 2. The molecule has 1 atom stereocenters. The molecule has 21 heavy (non-hydrogen) atoms. The second-order valence-electron chi connectivity index (χ2n) is 4.26. The van der Waals surface area contributed by atoms with Crippen LogP contribution in [0.15, 0.2) is 11.4 Å². The van der Waals surface area contributed by atoms with Gasteiger partial charge < -0.3 is 14.4 Å². The summed E-state index contributed by atoms with van der Waals surface area (Å²) >= 11 is 1.36. The summed E-state index contributed by atoms with van der Waals surface area (Å²) in [5.41, 5.74) is 0.319. The molecule has 0 aliphatic heterocycles. The largest absolute Gasteiger partial charge is 0.468 e. The highest BCUT2D eigenvalue weighted by molar-refractivity contribution is 7.98. The molecule has 1 aromatic heterocycles. The van der Waals surface area contributed by atoms with Gasteiger partial charge in [-0.3, -0.25) is 9.59 Å². The summed E-state index contributed by atoms with van der Waals surface area (Å²) in [6, 6.07) is -0.155. The number of aromatic nitrogens is 2. The Kier molecular flexibility index (Phi) is 7.10. The number of carbonyl (C=O) groups excluding carboxylic acids is 2. The molecule has 0 saturated carbocycles. The zero-order valence-corrected chi connectivity index (χ0v) is 13.3. The van der Waals surface area contributed by atoms with Gasteiger partial charge in [-0.2, -0.15) is 0 Å². The van der Waals surface area contributed by atoms with Crippen molar-refractivity contribution in [3.05, 3.63) is 11.8 Å². The lowest BCUT2D eigenvalue weighted by Crippen LogP contribution is -2.41. The summed E-state index contributed by atoms with van der Waals surface area (Å²) in [5, 5.41) is 0.523. The van der Waals surface area contributed by atoms with Crippen molar-refractivity contribution in [2.24, 2.45) is 0 Å². The highest BCUT2D eigenvalue weighted by atomic mass is 32.2. The van der Waals surface area contributed by atoms with E-state index in [1.807, 2.05) is 13.2 Å². The van der Waals surface area contributed by atoms with Crippen LogP contribution in [0, 0.1) is 0 Å². The third-order valence-corrected chi connectivity index (χ3v) is 3.38. The number of rotatable bonds is 8. The van der Waals surface area contributed by atoms with E-state index in [0.29, 0.717) is 29.4 Å². The molecular formula is C13H19N3O4S. The predicted molar refractivity (Wildman–Crippen MR) is 79.9 cm³/mol. The van der Waals surface area contributed by atoms with Gasteiger partial charge in [-0.25, -0.2) is 9.97 Å². The van der Waals surface area contributed by atoms with Crippen molar-refractivity contribution >= 4 is 29.8 Å². The minimum atomic E-state index is -0.417. The molecule has 0 spiro atoms. The summed E-state index contributed by atoms with van der Waals surface area (Å²) in [4.78, 5) is 32.9. The summed E-state index contributed by atoms with van der Waals surface area (Å²) in [5.74, 6) is -0.0154. The Balaban J connectivity index is 3.22. The maximum atomic E-state index is 11.6. The lowest BCUT2D eigenvalue weighted by atomic mass is 10.2. The fourth-order valence-electron chi connectivity index (χ4n) is 1.75. The third kappa shape index (κ3) is 4.68. The van der Waals surface area contributed by atoms with E-state index in [2.05, 4.69) is 9.97 Å². The number of methoxy groups -OCH3 is 2. The van der Waals surface area contributed by atoms with E-state index in [4.69, 9.17) is 9.47 Å². The Morgan fingerprint density at radius 1 is 1.52 bits per heavy atom. The number of thioether (sulfide) groups is 1. The van der Waals surface area contributed by atoms with Crippen LogP contribution in [0.25, 0.3) is 0 Å². The quantitative estimate of drug-likeness (QED) is 0.304. The molecule has 0 aromatic carbocycles. The highest BCUT2D eigenvalue weighted by Crippen LogP contribution is 2.21. The van der Waals surface area contributed by atoms with E-state index in [-0.39, 0.29) is 12.6 Å². The minimum absolute atomic E-state index is 0.0211. The summed E-state index contributed by atoms with van der Waals surface area (Å²) in [7, 11) is 2.89. The molecule has 8 heteroatoms. The normalized spacial score (nSPS) is 11.8. The maximum absolute atomic E-state index is 11.6.